The molecule has 0 aliphatic heterocycles. The Morgan fingerprint density at radius 2 is 1.86 bits per heavy atom. The zero-order chi connectivity index (χ0) is 15.4. The van der Waals surface area contributed by atoms with Crippen molar-refractivity contribution < 1.29 is 14.7 Å². The molecule has 0 bridgehead atoms. The van der Waals surface area contributed by atoms with Crippen molar-refractivity contribution in [1.82, 2.24) is 4.57 Å². The van der Waals surface area contributed by atoms with Crippen LogP contribution in [-0.2, 0) is 11.3 Å². The molecule has 5 nitrogen and oxygen atoms in total. The molecule has 1 amide bonds. The van der Waals surface area contributed by atoms with Crippen molar-refractivity contribution in [2.24, 2.45) is 0 Å². The van der Waals surface area contributed by atoms with Crippen molar-refractivity contribution in [1.29, 1.82) is 0 Å². The highest BCUT2D eigenvalue weighted by Crippen LogP contribution is 2.18. The highest BCUT2D eigenvalue weighted by atomic mass is 16.4. The molecule has 110 valence electrons. The number of aryl methyl sites for hydroxylation is 2. The van der Waals surface area contributed by atoms with E-state index >= 15 is 0 Å². The maximum atomic E-state index is 12.6. The van der Waals surface area contributed by atoms with Gasteiger partial charge >= 0.3 is 5.97 Å². The van der Waals surface area contributed by atoms with E-state index in [9.17, 15) is 9.59 Å². The lowest BCUT2D eigenvalue weighted by molar-refractivity contribution is -0.135. The van der Waals surface area contributed by atoms with Crippen molar-refractivity contribution in [2.45, 2.75) is 20.4 Å². The number of carbonyl (C=O) groups is 2. The molecule has 0 aliphatic carbocycles. The van der Waals surface area contributed by atoms with Gasteiger partial charge in [0.2, 0.25) is 0 Å². The summed E-state index contributed by atoms with van der Waals surface area (Å²) in [5, 5.41) is 9.07. The first kappa shape index (κ1) is 14.8. The van der Waals surface area contributed by atoms with Crippen LogP contribution in [0.1, 0.15) is 23.0 Å². The molecular weight excluding hydrogens is 268 g/mol. The lowest BCUT2D eigenvalue weighted by atomic mass is 10.2. The van der Waals surface area contributed by atoms with Crippen LogP contribution in [0.25, 0.3) is 0 Å². The van der Waals surface area contributed by atoms with E-state index in [0.717, 1.165) is 5.56 Å². The Morgan fingerprint density at radius 1 is 1.19 bits per heavy atom. The van der Waals surface area contributed by atoms with Gasteiger partial charge in [-0.1, -0.05) is 17.7 Å². The fourth-order valence-electron chi connectivity index (χ4n) is 2.16. The van der Waals surface area contributed by atoms with Crippen molar-refractivity contribution >= 4 is 17.6 Å². The van der Waals surface area contributed by atoms with Crippen LogP contribution < -0.4 is 4.90 Å². The maximum absolute atomic E-state index is 12.6. The second-order valence-corrected chi connectivity index (χ2v) is 4.80. The third-order valence-corrected chi connectivity index (χ3v) is 3.27. The standard InChI is InChI=1S/C16H18N2O3/c1-3-17-10-4-5-14(17)16(21)18(11-15(19)20)13-8-6-12(2)7-9-13/h4-10H,3,11H2,1-2H3,(H,19,20). The number of amides is 1. The zero-order valence-electron chi connectivity index (χ0n) is 12.1. The molecule has 1 aromatic heterocycles. The number of carboxylic acid groups (broad SMARTS) is 1. The molecular formula is C16H18N2O3. The first-order chi connectivity index (χ1) is 10.0. The van der Waals surface area contributed by atoms with Crippen LogP contribution in [0.15, 0.2) is 42.6 Å². The summed E-state index contributed by atoms with van der Waals surface area (Å²) in [6.07, 6.45) is 1.81. The Hall–Kier alpha value is -2.56. The van der Waals surface area contributed by atoms with E-state index in [1.54, 1.807) is 35.0 Å². The molecule has 1 heterocycles. The van der Waals surface area contributed by atoms with E-state index in [4.69, 9.17) is 5.11 Å². The van der Waals surface area contributed by atoms with Crippen molar-refractivity contribution in [3.63, 3.8) is 0 Å². The van der Waals surface area contributed by atoms with Gasteiger partial charge in [-0.15, -0.1) is 0 Å². The maximum Gasteiger partial charge on any atom is 0.323 e. The number of benzene rings is 1. The van der Waals surface area contributed by atoms with Gasteiger partial charge in [0.25, 0.3) is 5.91 Å². The summed E-state index contributed by atoms with van der Waals surface area (Å²) in [4.78, 5) is 25.0. The van der Waals surface area contributed by atoms with Crippen LogP contribution in [0.5, 0.6) is 0 Å². The Bertz CT molecular complexity index is 644. The highest BCUT2D eigenvalue weighted by molar-refractivity contribution is 6.07. The van der Waals surface area contributed by atoms with Gasteiger partial charge < -0.3 is 9.67 Å². The fourth-order valence-corrected chi connectivity index (χ4v) is 2.16. The van der Waals surface area contributed by atoms with Gasteiger partial charge in [-0.3, -0.25) is 14.5 Å². The average molecular weight is 286 g/mol. The quantitative estimate of drug-likeness (QED) is 0.918. The first-order valence-corrected chi connectivity index (χ1v) is 6.78. The largest absolute Gasteiger partial charge is 0.480 e. The SMILES string of the molecule is CCn1cccc1C(=O)N(CC(=O)O)c1ccc(C)cc1. The molecule has 2 rings (SSSR count). The predicted molar refractivity (Wildman–Crippen MR) is 80.6 cm³/mol. The summed E-state index contributed by atoms with van der Waals surface area (Å²) in [7, 11) is 0. The lowest BCUT2D eigenvalue weighted by Gasteiger charge is -2.21. The molecule has 0 saturated carbocycles. The topological polar surface area (TPSA) is 62.5 Å². The van der Waals surface area contributed by atoms with Gasteiger partial charge in [0, 0.05) is 18.4 Å². The van der Waals surface area contributed by atoms with Crippen molar-refractivity contribution in [3.8, 4) is 0 Å². The normalized spacial score (nSPS) is 10.4. The number of nitrogens with zero attached hydrogens (tertiary/aromatic N) is 2. The summed E-state index contributed by atoms with van der Waals surface area (Å²) < 4.78 is 1.80. The molecule has 0 saturated heterocycles. The fraction of sp³-hybridized carbons (Fsp3) is 0.250. The van der Waals surface area contributed by atoms with Crippen LogP contribution in [0.2, 0.25) is 0 Å². The van der Waals surface area contributed by atoms with Gasteiger partial charge in [0.15, 0.2) is 0 Å². The van der Waals surface area contributed by atoms with Crippen LogP contribution in [-0.4, -0.2) is 28.1 Å². The minimum atomic E-state index is -1.04. The zero-order valence-corrected chi connectivity index (χ0v) is 12.1. The van der Waals surface area contributed by atoms with Crippen LogP contribution in [0, 0.1) is 6.92 Å². The van der Waals surface area contributed by atoms with Gasteiger partial charge in [-0.25, -0.2) is 0 Å². The summed E-state index contributed by atoms with van der Waals surface area (Å²) in [5.74, 6) is -1.35. The number of carbonyl (C=O) groups excluding carboxylic acids is 1. The molecule has 0 atom stereocenters. The van der Waals surface area contributed by atoms with E-state index in [1.807, 2.05) is 26.0 Å². The second kappa shape index (κ2) is 6.26. The van der Waals surface area contributed by atoms with Gasteiger partial charge in [0.05, 0.1) is 0 Å². The Balaban J connectivity index is 2.38. The number of rotatable bonds is 5. The number of hydrogen-bond acceptors (Lipinski definition) is 2. The molecule has 2 aromatic rings. The molecule has 0 unspecified atom stereocenters. The lowest BCUT2D eigenvalue weighted by Crippen LogP contribution is -2.36. The molecule has 5 heteroatoms. The monoisotopic (exact) mass is 286 g/mol. The summed E-state index contributed by atoms with van der Waals surface area (Å²) in [6.45, 7) is 4.17. The summed E-state index contributed by atoms with van der Waals surface area (Å²) >= 11 is 0. The van der Waals surface area contributed by atoms with Gasteiger partial charge in [-0.05, 0) is 38.1 Å². The van der Waals surface area contributed by atoms with Crippen LogP contribution in [0.4, 0.5) is 5.69 Å². The molecule has 0 fully saturated rings. The summed E-state index contributed by atoms with van der Waals surface area (Å²) in [6, 6.07) is 10.7. The second-order valence-electron chi connectivity index (χ2n) is 4.80. The number of aromatic nitrogens is 1. The predicted octanol–water partition coefficient (Wildman–Crippen LogP) is 2.55. The smallest absolute Gasteiger partial charge is 0.323 e. The van der Waals surface area contributed by atoms with Gasteiger partial charge in [0.1, 0.15) is 12.2 Å². The molecule has 0 aliphatic rings. The van der Waals surface area contributed by atoms with Crippen molar-refractivity contribution in [3.05, 3.63) is 53.9 Å². The average Bonchev–Trinajstić information content (AvgIpc) is 2.93. The molecule has 1 N–H and O–H groups in total. The number of hydrogen-bond donors (Lipinski definition) is 1. The Morgan fingerprint density at radius 3 is 2.43 bits per heavy atom. The first-order valence-electron chi connectivity index (χ1n) is 6.78. The highest BCUT2D eigenvalue weighted by Gasteiger charge is 2.22. The third-order valence-electron chi connectivity index (χ3n) is 3.27. The Kier molecular flexibility index (Phi) is 4.42. The third kappa shape index (κ3) is 3.31. The number of aliphatic carboxylic acids is 1. The minimum Gasteiger partial charge on any atom is -0.480 e. The molecule has 0 spiro atoms. The molecule has 21 heavy (non-hydrogen) atoms. The van der Waals surface area contributed by atoms with E-state index in [2.05, 4.69) is 0 Å². The van der Waals surface area contributed by atoms with Crippen molar-refractivity contribution in [2.75, 3.05) is 11.4 Å². The van der Waals surface area contributed by atoms with Crippen LogP contribution in [0.3, 0.4) is 0 Å². The molecule has 1 aromatic carbocycles. The minimum absolute atomic E-state index is 0.312. The molecule has 0 radical (unpaired) electrons. The van der Waals surface area contributed by atoms with E-state index < -0.39 is 5.97 Å². The number of carboxylic acids is 1. The van der Waals surface area contributed by atoms with E-state index in [0.29, 0.717) is 17.9 Å². The summed E-state index contributed by atoms with van der Waals surface area (Å²) in [5.41, 5.74) is 2.12. The number of anilines is 1. The van der Waals surface area contributed by atoms with E-state index in [1.165, 1.54) is 4.90 Å². The van der Waals surface area contributed by atoms with Crippen LogP contribution >= 0.6 is 0 Å². The van der Waals surface area contributed by atoms with E-state index in [-0.39, 0.29) is 12.5 Å². The van der Waals surface area contributed by atoms with Gasteiger partial charge in [-0.2, -0.15) is 0 Å². The Labute approximate surface area is 123 Å².